The summed E-state index contributed by atoms with van der Waals surface area (Å²) in [6.07, 6.45) is 6.78. The molecule has 3 aliphatic heterocycles. The number of nitrogens with zero attached hydrogens (tertiary/aromatic N) is 2. The highest BCUT2D eigenvalue weighted by atomic mass is 15.3. The second kappa shape index (κ2) is 7.33. The van der Waals surface area contributed by atoms with Gasteiger partial charge in [0.1, 0.15) is 0 Å². The van der Waals surface area contributed by atoms with Gasteiger partial charge in [0, 0.05) is 25.7 Å². The van der Waals surface area contributed by atoms with Gasteiger partial charge in [-0.2, -0.15) is 0 Å². The van der Waals surface area contributed by atoms with Crippen molar-refractivity contribution in [3.8, 4) is 0 Å². The molecular weight excluding hydrogens is 282 g/mol. The van der Waals surface area contributed by atoms with Gasteiger partial charge >= 0.3 is 0 Å². The van der Waals surface area contributed by atoms with Gasteiger partial charge in [0.15, 0.2) is 0 Å². The molecular formula is C20H31N3. The summed E-state index contributed by atoms with van der Waals surface area (Å²) in [5.41, 5.74) is 3.04. The number of rotatable bonds is 4. The normalized spacial score (nSPS) is 27.7. The Bertz CT molecular complexity index is 486. The van der Waals surface area contributed by atoms with E-state index in [0.29, 0.717) is 0 Å². The maximum Gasteiger partial charge on any atom is 0.0235 e. The first-order valence-corrected chi connectivity index (χ1v) is 9.64. The van der Waals surface area contributed by atoms with Gasteiger partial charge in [0.25, 0.3) is 0 Å². The molecule has 126 valence electrons. The third-order valence-electron chi connectivity index (χ3n) is 6.10. The highest BCUT2D eigenvalue weighted by molar-refractivity contribution is 5.26. The SMILES string of the molecule is c1cc(C2CCNCC2)ccc1CN1CCC(N2CCCC2)C1. The summed E-state index contributed by atoms with van der Waals surface area (Å²) in [5.74, 6) is 0.775. The van der Waals surface area contributed by atoms with Gasteiger partial charge in [-0.05, 0) is 75.3 Å². The lowest BCUT2D eigenvalue weighted by molar-refractivity contribution is 0.230. The van der Waals surface area contributed by atoms with E-state index >= 15 is 0 Å². The number of hydrogen-bond donors (Lipinski definition) is 1. The van der Waals surface area contributed by atoms with Crippen molar-refractivity contribution in [1.29, 1.82) is 0 Å². The predicted molar refractivity (Wildman–Crippen MR) is 95.8 cm³/mol. The number of benzene rings is 1. The van der Waals surface area contributed by atoms with E-state index in [4.69, 9.17) is 0 Å². The lowest BCUT2D eigenvalue weighted by atomic mass is 9.90. The van der Waals surface area contributed by atoms with Crippen molar-refractivity contribution in [2.45, 2.75) is 50.6 Å². The van der Waals surface area contributed by atoms with Crippen molar-refractivity contribution in [3.63, 3.8) is 0 Å². The van der Waals surface area contributed by atoms with Crippen molar-refractivity contribution in [2.24, 2.45) is 0 Å². The van der Waals surface area contributed by atoms with E-state index in [1.54, 1.807) is 5.56 Å². The molecule has 0 amide bonds. The van der Waals surface area contributed by atoms with E-state index in [0.717, 1.165) is 18.5 Å². The summed E-state index contributed by atoms with van der Waals surface area (Å²) in [4.78, 5) is 5.38. The smallest absolute Gasteiger partial charge is 0.0235 e. The molecule has 0 radical (unpaired) electrons. The standard InChI is InChI=1S/C20H31N3/c1-2-13-23(12-1)20-9-14-22(16-20)15-17-3-5-18(6-4-17)19-7-10-21-11-8-19/h3-6,19-21H,1-2,7-16H2. The largest absolute Gasteiger partial charge is 0.317 e. The Morgan fingerprint density at radius 3 is 2.39 bits per heavy atom. The van der Waals surface area contributed by atoms with Gasteiger partial charge in [-0.1, -0.05) is 24.3 Å². The molecule has 3 saturated heterocycles. The fraction of sp³-hybridized carbons (Fsp3) is 0.700. The van der Waals surface area contributed by atoms with E-state index in [1.165, 1.54) is 76.9 Å². The van der Waals surface area contributed by atoms with E-state index in [1.807, 2.05) is 0 Å². The molecule has 0 aliphatic carbocycles. The van der Waals surface area contributed by atoms with E-state index in [9.17, 15) is 0 Å². The van der Waals surface area contributed by atoms with E-state index < -0.39 is 0 Å². The topological polar surface area (TPSA) is 18.5 Å². The Morgan fingerprint density at radius 2 is 1.65 bits per heavy atom. The van der Waals surface area contributed by atoms with Gasteiger partial charge in [0.2, 0.25) is 0 Å². The molecule has 3 aliphatic rings. The lowest BCUT2D eigenvalue weighted by Crippen LogP contribution is -2.35. The van der Waals surface area contributed by atoms with E-state index in [-0.39, 0.29) is 0 Å². The zero-order valence-electron chi connectivity index (χ0n) is 14.3. The molecule has 0 spiro atoms. The molecule has 1 atom stereocenters. The van der Waals surface area contributed by atoms with Crippen LogP contribution in [0.15, 0.2) is 24.3 Å². The van der Waals surface area contributed by atoms with Crippen LogP contribution in [0.1, 0.15) is 49.1 Å². The van der Waals surface area contributed by atoms with Crippen LogP contribution < -0.4 is 5.32 Å². The van der Waals surface area contributed by atoms with Crippen LogP contribution in [-0.4, -0.2) is 55.1 Å². The first kappa shape index (κ1) is 15.6. The molecule has 1 unspecified atom stereocenters. The Balaban J connectivity index is 1.30. The van der Waals surface area contributed by atoms with Gasteiger partial charge in [-0.25, -0.2) is 0 Å². The molecule has 1 aromatic rings. The molecule has 0 saturated carbocycles. The molecule has 0 aromatic heterocycles. The molecule has 0 bridgehead atoms. The van der Waals surface area contributed by atoms with Crippen molar-refractivity contribution in [1.82, 2.24) is 15.1 Å². The average Bonchev–Trinajstić information content (AvgIpc) is 3.28. The number of nitrogens with one attached hydrogen (secondary N) is 1. The summed E-state index contributed by atoms with van der Waals surface area (Å²) < 4.78 is 0. The van der Waals surface area contributed by atoms with Crippen molar-refractivity contribution in [3.05, 3.63) is 35.4 Å². The fourth-order valence-electron chi connectivity index (χ4n) is 4.67. The van der Waals surface area contributed by atoms with Crippen LogP contribution in [0, 0.1) is 0 Å². The second-order valence-corrected chi connectivity index (χ2v) is 7.69. The molecule has 3 fully saturated rings. The van der Waals surface area contributed by atoms with Gasteiger partial charge in [-0.3, -0.25) is 9.80 Å². The van der Waals surface area contributed by atoms with Gasteiger partial charge < -0.3 is 5.32 Å². The zero-order valence-corrected chi connectivity index (χ0v) is 14.3. The van der Waals surface area contributed by atoms with Crippen LogP contribution in [0.5, 0.6) is 0 Å². The van der Waals surface area contributed by atoms with Crippen molar-refractivity contribution < 1.29 is 0 Å². The summed E-state index contributed by atoms with van der Waals surface area (Å²) >= 11 is 0. The Labute approximate surface area is 141 Å². The second-order valence-electron chi connectivity index (χ2n) is 7.69. The molecule has 3 heterocycles. The maximum absolute atomic E-state index is 3.46. The first-order valence-electron chi connectivity index (χ1n) is 9.64. The van der Waals surface area contributed by atoms with Crippen molar-refractivity contribution in [2.75, 3.05) is 39.3 Å². The quantitative estimate of drug-likeness (QED) is 0.922. The summed E-state index contributed by atoms with van der Waals surface area (Å²) in [6, 6.07) is 10.4. The van der Waals surface area contributed by atoms with Gasteiger partial charge in [-0.15, -0.1) is 0 Å². The minimum absolute atomic E-state index is 0.775. The van der Waals surface area contributed by atoms with E-state index in [2.05, 4.69) is 39.4 Å². The Hall–Kier alpha value is -0.900. The third kappa shape index (κ3) is 3.78. The van der Waals surface area contributed by atoms with Gasteiger partial charge in [0.05, 0.1) is 0 Å². The molecule has 23 heavy (non-hydrogen) atoms. The summed E-state index contributed by atoms with van der Waals surface area (Å²) in [7, 11) is 0. The van der Waals surface area contributed by atoms with Crippen LogP contribution >= 0.6 is 0 Å². The van der Waals surface area contributed by atoms with Crippen LogP contribution in [0.25, 0.3) is 0 Å². The molecule has 1 aromatic carbocycles. The highest BCUT2D eigenvalue weighted by Crippen LogP contribution is 2.26. The number of likely N-dealkylation sites (tertiary alicyclic amines) is 2. The Morgan fingerprint density at radius 1 is 0.913 bits per heavy atom. The highest BCUT2D eigenvalue weighted by Gasteiger charge is 2.29. The number of hydrogen-bond acceptors (Lipinski definition) is 3. The van der Waals surface area contributed by atoms with Crippen LogP contribution in [0.2, 0.25) is 0 Å². The average molecular weight is 313 g/mol. The number of piperidine rings is 1. The van der Waals surface area contributed by atoms with Crippen LogP contribution in [0.4, 0.5) is 0 Å². The van der Waals surface area contributed by atoms with Crippen LogP contribution in [-0.2, 0) is 6.54 Å². The van der Waals surface area contributed by atoms with Crippen LogP contribution in [0.3, 0.4) is 0 Å². The predicted octanol–water partition coefficient (Wildman–Crippen LogP) is 2.82. The minimum atomic E-state index is 0.775. The first-order chi connectivity index (χ1) is 11.4. The molecule has 1 N–H and O–H groups in total. The minimum Gasteiger partial charge on any atom is -0.317 e. The zero-order chi connectivity index (χ0) is 15.5. The van der Waals surface area contributed by atoms with Crippen molar-refractivity contribution >= 4 is 0 Å². The summed E-state index contributed by atoms with van der Waals surface area (Å²) in [5, 5.41) is 3.46. The molecule has 3 nitrogen and oxygen atoms in total. The lowest BCUT2D eigenvalue weighted by Gasteiger charge is -2.24. The maximum atomic E-state index is 3.46. The Kier molecular flexibility index (Phi) is 4.98. The molecule has 4 rings (SSSR count). The monoisotopic (exact) mass is 313 g/mol. The third-order valence-corrected chi connectivity index (χ3v) is 6.10. The fourth-order valence-corrected chi connectivity index (χ4v) is 4.67. The molecule has 3 heteroatoms. The summed E-state index contributed by atoms with van der Waals surface area (Å²) in [6.45, 7) is 8.72.